The summed E-state index contributed by atoms with van der Waals surface area (Å²) in [5.74, 6) is 0.273. The second-order valence-corrected chi connectivity index (χ2v) is 8.78. The number of carbonyl (C=O) groups is 1. The lowest BCUT2D eigenvalue weighted by atomic mass is 9.87. The minimum absolute atomic E-state index is 0.110. The highest BCUT2D eigenvalue weighted by Gasteiger charge is 2.43. The van der Waals surface area contributed by atoms with Gasteiger partial charge in [0.15, 0.2) is 6.10 Å². The molecule has 3 aromatic carbocycles. The molecule has 1 aliphatic rings. The zero-order valence-corrected chi connectivity index (χ0v) is 18.8. The van der Waals surface area contributed by atoms with E-state index in [0.29, 0.717) is 16.5 Å². The first kappa shape index (κ1) is 21.6. The third-order valence-electron chi connectivity index (χ3n) is 6.42. The summed E-state index contributed by atoms with van der Waals surface area (Å²) in [5, 5.41) is 0.646. The molecule has 3 nitrogen and oxygen atoms in total. The zero-order chi connectivity index (χ0) is 22.0. The molecular weight excluding hydrogens is 408 g/mol. The second-order valence-electron chi connectivity index (χ2n) is 8.34. The van der Waals surface area contributed by atoms with Gasteiger partial charge in [-0.1, -0.05) is 80.0 Å². The third kappa shape index (κ3) is 4.68. The molecule has 0 radical (unpaired) electrons. The van der Waals surface area contributed by atoms with Crippen LogP contribution in [0.3, 0.4) is 0 Å². The predicted octanol–water partition coefficient (Wildman–Crippen LogP) is 6.96. The SMILES string of the molecule is CC1O[C@H]([C@H](OC(=O)c2ccc(-c3ccccc3)cc2)c2ccc(Cl)cc2)[C@@H](C)[C@H]1C. The lowest BCUT2D eigenvalue weighted by molar-refractivity contribution is -0.0572. The Labute approximate surface area is 189 Å². The molecule has 160 valence electrons. The van der Waals surface area contributed by atoms with Crippen LogP contribution in [0.15, 0.2) is 78.9 Å². The Hall–Kier alpha value is -2.62. The Balaban J connectivity index is 1.58. The molecule has 1 aliphatic heterocycles. The van der Waals surface area contributed by atoms with Gasteiger partial charge in [0.1, 0.15) is 6.10 Å². The maximum atomic E-state index is 13.1. The summed E-state index contributed by atoms with van der Waals surface area (Å²) in [6.45, 7) is 6.41. The van der Waals surface area contributed by atoms with Crippen molar-refractivity contribution in [1.82, 2.24) is 0 Å². The number of rotatable bonds is 5. The van der Waals surface area contributed by atoms with E-state index in [2.05, 4.69) is 20.8 Å². The van der Waals surface area contributed by atoms with Crippen LogP contribution in [0.5, 0.6) is 0 Å². The molecule has 5 atom stereocenters. The second kappa shape index (κ2) is 9.25. The number of ether oxygens (including phenoxy) is 2. The zero-order valence-electron chi connectivity index (χ0n) is 18.0. The average Bonchev–Trinajstić information content (AvgIpc) is 3.06. The predicted molar refractivity (Wildman–Crippen MR) is 124 cm³/mol. The number of hydrogen-bond acceptors (Lipinski definition) is 3. The van der Waals surface area contributed by atoms with Crippen LogP contribution in [-0.4, -0.2) is 18.2 Å². The third-order valence-corrected chi connectivity index (χ3v) is 6.67. The van der Waals surface area contributed by atoms with Crippen molar-refractivity contribution in [1.29, 1.82) is 0 Å². The quantitative estimate of drug-likeness (QED) is 0.407. The van der Waals surface area contributed by atoms with E-state index < -0.39 is 6.10 Å². The van der Waals surface area contributed by atoms with Crippen LogP contribution in [0, 0.1) is 11.8 Å². The molecule has 0 aromatic heterocycles. The fraction of sp³-hybridized carbons (Fsp3) is 0.296. The van der Waals surface area contributed by atoms with Crippen LogP contribution in [0.4, 0.5) is 0 Å². The summed E-state index contributed by atoms with van der Waals surface area (Å²) in [4.78, 5) is 13.1. The van der Waals surface area contributed by atoms with Crippen LogP contribution >= 0.6 is 11.6 Å². The van der Waals surface area contributed by atoms with Gasteiger partial charge in [-0.05, 0) is 59.7 Å². The van der Waals surface area contributed by atoms with Crippen molar-refractivity contribution in [2.45, 2.75) is 39.1 Å². The monoisotopic (exact) mass is 434 g/mol. The maximum absolute atomic E-state index is 13.1. The Morgan fingerprint density at radius 1 is 0.839 bits per heavy atom. The number of halogens is 1. The molecule has 1 unspecified atom stereocenters. The van der Waals surface area contributed by atoms with E-state index in [4.69, 9.17) is 21.1 Å². The molecule has 0 N–H and O–H groups in total. The van der Waals surface area contributed by atoms with Crippen molar-refractivity contribution in [2.24, 2.45) is 11.8 Å². The minimum atomic E-state index is -0.499. The van der Waals surface area contributed by atoms with Crippen molar-refractivity contribution >= 4 is 17.6 Å². The topological polar surface area (TPSA) is 35.5 Å². The smallest absolute Gasteiger partial charge is 0.338 e. The number of hydrogen-bond donors (Lipinski definition) is 0. The Kier molecular flexibility index (Phi) is 6.45. The van der Waals surface area contributed by atoms with Crippen LogP contribution in [-0.2, 0) is 9.47 Å². The summed E-state index contributed by atoms with van der Waals surface area (Å²) < 4.78 is 12.3. The van der Waals surface area contributed by atoms with Crippen molar-refractivity contribution in [3.63, 3.8) is 0 Å². The first-order valence-corrected chi connectivity index (χ1v) is 11.1. The van der Waals surface area contributed by atoms with E-state index in [-0.39, 0.29) is 24.1 Å². The highest BCUT2D eigenvalue weighted by atomic mass is 35.5. The van der Waals surface area contributed by atoms with E-state index in [1.165, 1.54) is 0 Å². The van der Waals surface area contributed by atoms with Crippen molar-refractivity contribution in [2.75, 3.05) is 0 Å². The lowest BCUT2D eigenvalue weighted by Gasteiger charge is -2.27. The Bertz CT molecular complexity index is 1010. The summed E-state index contributed by atoms with van der Waals surface area (Å²) in [6.07, 6.45) is -0.599. The fourth-order valence-electron chi connectivity index (χ4n) is 4.16. The highest BCUT2D eigenvalue weighted by molar-refractivity contribution is 6.30. The molecular formula is C27H27ClO3. The molecule has 3 aromatic rings. The first-order valence-electron chi connectivity index (χ1n) is 10.7. The van der Waals surface area contributed by atoms with E-state index in [0.717, 1.165) is 16.7 Å². The molecule has 0 aliphatic carbocycles. The van der Waals surface area contributed by atoms with Crippen molar-refractivity contribution < 1.29 is 14.3 Å². The molecule has 4 rings (SSSR count). The molecule has 0 spiro atoms. The summed E-state index contributed by atoms with van der Waals surface area (Å²) >= 11 is 6.08. The van der Waals surface area contributed by atoms with E-state index in [1.807, 2.05) is 78.9 Å². The van der Waals surface area contributed by atoms with Gasteiger partial charge in [-0.25, -0.2) is 4.79 Å². The first-order chi connectivity index (χ1) is 14.9. The molecule has 0 bridgehead atoms. The highest BCUT2D eigenvalue weighted by Crippen LogP contribution is 2.40. The van der Waals surface area contributed by atoms with Gasteiger partial charge < -0.3 is 9.47 Å². The number of esters is 1. The van der Waals surface area contributed by atoms with Crippen LogP contribution in [0.25, 0.3) is 11.1 Å². The molecule has 1 heterocycles. The van der Waals surface area contributed by atoms with E-state index in [1.54, 1.807) is 0 Å². The molecule has 1 saturated heterocycles. The van der Waals surface area contributed by atoms with Gasteiger partial charge in [-0.15, -0.1) is 0 Å². The largest absolute Gasteiger partial charge is 0.451 e. The van der Waals surface area contributed by atoms with Gasteiger partial charge in [-0.3, -0.25) is 0 Å². The van der Waals surface area contributed by atoms with Gasteiger partial charge >= 0.3 is 5.97 Å². The van der Waals surface area contributed by atoms with Gasteiger partial charge in [0.25, 0.3) is 0 Å². The van der Waals surface area contributed by atoms with Crippen LogP contribution in [0.2, 0.25) is 5.02 Å². The fourth-order valence-corrected chi connectivity index (χ4v) is 4.29. The Morgan fingerprint density at radius 2 is 1.45 bits per heavy atom. The van der Waals surface area contributed by atoms with Crippen molar-refractivity contribution in [3.8, 4) is 11.1 Å². The van der Waals surface area contributed by atoms with Gasteiger partial charge in [0.2, 0.25) is 0 Å². The maximum Gasteiger partial charge on any atom is 0.338 e. The minimum Gasteiger partial charge on any atom is -0.451 e. The van der Waals surface area contributed by atoms with Crippen LogP contribution in [0.1, 0.15) is 42.8 Å². The lowest BCUT2D eigenvalue weighted by Crippen LogP contribution is -2.29. The van der Waals surface area contributed by atoms with E-state index in [9.17, 15) is 4.79 Å². The molecule has 0 amide bonds. The standard InChI is InChI=1S/C27H27ClO3/c1-17-18(2)25(30-19(17)3)26(22-13-15-24(28)16-14-22)31-27(29)23-11-9-21(10-12-23)20-7-5-4-6-8-20/h4-19,25-26H,1-3H3/t17-,18+,19?,25+,26-/m1/s1. The average molecular weight is 435 g/mol. The summed E-state index contributed by atoms with van der Waals surface area (Å²) in [7, 11) is 0. The van der Waals surface area contributed by atoms with Gasteiger partial charge in [0.05, 0.1) is 11.7 Å². The Morgan fingerprint density at radius 3 is 2.03 bits per heavy atom. The van der Waals surface area contributed by atoms with Crippen LogP contribution < -0.4 is 0 Å². The van der Waals surface area contributed by atoms with Crippen molar-refractivity contribution in [3.05, 3.63) is 95.0 Å². The number of benzene rings is 3. The molecule has 0 saturated carbocycles. The molecule has 31 heavy (non-hydrogen) atoms. The van der Waals surface area contributed by atoms with Gasteiger partial charge in [0, 0.05) is 5.02 Å². The van der Waals surface area contributed by atoms with Gasteiger partial charge in [-0.2, -0.15) is 0 Å². The summed E-state index contributed by atoms with van der Waals surface area (Å²) in [5.41, 5.74) is 3.57. The normalized spacial score (nSPS) is 24.0. The number of carbonyl (C=O) groups excluding carboxylic acids is 1. The molecule has 4 heteroatoms. The van der Waals surface area contributed by atoms with E-state index >= 15 is 0 Å². The molecule has 1 fully saturated rings. The summed E-state index contributed by atoms with van der Waals surface area (Å²) in [6, 6.07) is 25.0.